The number of ketones is 1. The molecule has 1 saturated heterocycles. The van der Waals surface area contributed by atoms with Gasteiger partial charge in [0.05, 0.1) is 40.4 Å². The average Bonchev–Trinajstić information content (AvgIpc) is 3.18. The predicted octanol–water partition coefficient (Wildman–Crippen LogP) is 3.36. The Morgan fingerprint density at radius 3 is 2.81 bits per heavy atom. The fraction of sp³-hybridized carbons (Fsp3) is 0.273. The lowest BCUT2D eigenvalue weighted by Crippen LogP contribution is -2.37. The first-order chi connectivity index (χ1) is 14.9. The Morgan fingerprint density at radius 2 is 2.03 bits per heavy atom. The lowest BCUT2D eigenvalue weighted by Gasteiger charge is -2.19. The summed E-state index contributed by atoms with van der Waals surface area (Å²) in [5.74, 6) is -0.573. The van der Waals surface area contributed by atoms with E-state index < -0.39 is 12.1 Å². The van der Waals surface area contributed by atoms with Crippen molar-refractivity contribution in [3.05, 3.63) is 74.2 Å². The van der Waals surface area contributed by atoms with Crippen molar-refractivity contribution in [1.29, 1.82) is 0 Å². The molecule has 3 aromatic rings. The molecule has 1 fully saturated rings. The lowest BCUT2D eigenvalue weighted by molar-refractivity contribution is -0.120. The molecule has 2 heterocycles. The van der Waals surface area contributed by atoms with Crippen LogP contribution in [0.15, 0.2) is 58.1 Å². The molecule has 0 bridgehead atoms. The molecule has 1 aliphatic heterocycles. The number of halogens is 2. The molecular formula is C22H19BrClN3O4. The molecule has 2 aromatic carbocycles. The van der Waals surface area contributed by atoms with E-state index in [-0.39, 0.29) is 30.3 Å². The van der Waals surface area contributed by atoms with Crippen molar-refractivity contribution in [2.24, 2.45) is 0 Å². The molecule has 0 saturated carbocycles. The predicted molar refractivity (Wildman–Crippen MR) is 120 cm³/mol. The van der Waals surface area contributed by atoms with E-state index in [0.717, 1.165) is 0 Å². The fourth-order valence-electron chi connectivity index (χ4n) is 3.63. The number of nitrogens with one attached hydrogen (secondary N) is 1. The summed E-state index contributed by atoms with van der Waals surface area (Å²) in [6, 6.07) is 11.6. The minimum absolute atomic E-state index is 0.118. The van der Waals surface area contributed by atoms with E-state index in [4.69, 9.17) is 16.3 Å². The molecule has 9 heteroatoms. The number of aromatic nitrogens is 2. The highest BCUT2D eigenvalue weighted by molar-refractivity contribution is 9.10. The molecule has 0 amide bonds. The number of fused-ring (bicyclic) bond motifs is 1. The van der Waals surface area contributed by atoms with Crippen molar-refractivity contribution >= 4 is 50.2 Å². The number of benzene rings is 2. The van der Waals surface area contributed by atoms with Gasteiger partial charge in [-0.3, -0.25) is 14.2 Å². The zero-order chi connectivity index (χ0) is 22.0. The van der Waals surface area contributed by atoms with E-state index in [1.54, 1.807) is 30.3 Å². The quantitative estimate of drug-likeness (QED) is 0.518. The van der Waals surface area contributed by atoms with Crippen LogP contribution in [-0.2, 0) is 16.1 Å². The van der Waals surface area contributed by atoms with Crippen molar-refractivity contribution in [2.45, 2.75) is 31.5 Å². The Bertz CT molecular complexity index is 1200. The van der Waals surface area contributed by atoms with E-state index in [9.17, 15) is 14.4 Å². The Balaban J connectivity index is 1.43. The second-order valence-electron chi connectivity index (χ2n) is 7.36. The second-order valence-corrected chi connectivity index (χ2v) is 8.62. The van der Waals surface area contributed by atoms with Gasteiger partial charge in [0.2, 0.25) is 0 Å². The summed E-state index contributed by atoms with van der Waals surface area (Å²) in [5, 5.41) is 3.96. The first kappa shape index (κ1) is 21.7. The van der Waals surface area contributed by atoms with Gasteiger partial charge < -0.3 is 10.1 Å². The van der Waals surface area contributed by atoms with E-state index in [1.165, 1.54) is 17.0 Å². The summed E-state index contributed by atoms with van der Waals surface area (Å²) in [4.78, 5) is 42.0. The van der Waals surface area contributed by atoms with Gasteiger partial charge in [-0.2, -0.15) is 0 Å². The number of ether oxygens (including phenoxy) is 1. The number of esters is 1. The van der Waals surface area contributed by atoms with Gasteiger partial charge in [-0.25, -0.2) is 9.78 Å². The maximum atomic E-state index is 12.7. The topological polar surface area (TPSA) is 90.3 Å². The van der Waals surface area contributed by atoms with Crippen molar-refractivity contribution in [3.63, 3.8) is 0 Å². The van der Waals surface area contributed by atoms with Crippen LogP contribution in [-0.4, -0.2) is 40.0 Å². The maximum absolute atomic E-state index is 12.7. The van der Waals surface area contributed by atoms with Crippen molar-refractivity contribution in [3.8, 4) is 0 Å². The van der Waals surface area contributed by atoms with Gasteiger partial charge in [-0.05, 0) is 53.2 Å². The third-order valence-corrected chi connectivity index (χ3v) is 6.41. The monoisotopic (exact) mass is 503 g/mol. The summed E-state index contributed by atoms with van der Waals surface area (Å²) < 4.78 is 7.53. The number of carbonyl (C=O) groups is 2. The summed E-state index contributed by atoms with van der Waals surface area (Å²) in [7, 11) is 0. The number of Topliss-reactive ketones (excluding diaryl/α,β-unsaturated/α-hetero) is 1. The van der Waals surface area contributed by atoms with E-state index >= 15 is 0 Å². The van der Waals surface area contributed by atoms with Crippen LogP contribution in [0, 0.1) is 0 Å². The SMILES string of the molecule is O=C(C[C@@H]1NCC[C@H]1OC(=O)c1ccccc1)Cn1cnc2cc(Br)c(Cl)cc2c1=O. The van der Waals surface area contributed by atoms with Crippen LogP contribution in [0.25, 0.3) is 10.9 Å². The van der Waals surface area contributed by atoms with Crippen LogP contribution in [0.5, 0.6) is 0 Å². The second kappa shape index (κ2) is 9.30. The molecular weight excluding hydrogens is 486 g/mol. The average molecular weight is 505 g/mol. The Kier molecular flexibility index (Phi) is 6.50. The minimum atomic E-state index is -0.412. The zero-order valence-corrected chi connectivity index (χ0v) is 18.7. The molecule has 1 N–H and O–H groups in total. The van der Waals surface area contributed by atoms with E-state index in [2.05, 4.69) is 26.2 Å². The Morgan fingerprint density at radius 1 is 1.26 bits per heavy atom. The zero-order valence-electron chi connectivity index (χ0n) is 16.4. The molecule has 1 aromatic heterocycles. The molecule has 0 unspecified atom stereocenters. The summed E-state index contributed by atoms with van der Waals surface area (Å²) in [6.07, 6.45) is 1.72. The first-order valence-electron chi connectivity index (χ1n) is 9.77. The number of nitrogens with zero attached hydrogens (tertiary/aromatic N) is 2. The summed E-state index contributed by atoms with van der Waals surface area (Å²) in [6.45, 7) is 0.530. The van der Waals surface area contributed by atoms with Crippen LogP contribution in [0.2, 0.25) is 5.02 Å². The first-order valence-corrected chi connectivity index (χ1v) is 10.9. The van der Waals surface area contributed by atoms with Gasteiger partial charge in [0.25, 0.3) is 5.56 Å². The molecule has 0 aliphatic carbocycles. The molecule has 4 rings (SSSR count). The Hall–Kier alpha value is -2.55. The van der Waals surface area contributed by atoms with Gasteiger partial charge in [-0.1, -0.05) is 29.8 Å². The van der Waals surface area contributed by atoms with Crippen LogP contribution in [0.4, 0.5) is 0 Å². The smallest absolute Gasteiger partial charge is 0.338 e. The van der Waals surface area contributed by atoms with Crippen molar-refractivity contribution in [2.75, 3.05) is 6.54 Å². The van der Waals surface area contributed by atoms with Gasteiger partial charge in [0.15, 0.2) is 5.78 Å². The molecule has 1 aliphatic rings. The molecule has 7 nitrogen and oxygen atoms in total. The summed E-state index contributed by atoms with van der Waals surface area (Å²) in [5.41, 5.74) is 0.632. The van der Waals surface area contributed by atoms with E-state index in [0.29, 0.717) is 38.9 Å². The highest BCUT2D eigenvalue weighted by Gasteiger charge is 2.32. The van der Waals surface area contributed by atoms with Gasteiger partial charge in [0.1, 0.15) is 6.10 Å². The lowest BCUT2D eigenvalue weighted by atomic mass is 10.1. The van der Waals surface area contributed by atoms with Gasteiger partial charge >= 0.3 is 5.97 Å². The molecule has 2 atom stereocenters. The highest BCUT2D eigenvalue weighted by Crippen LogP contribution is 2.25. The van der Waals surface area contributed by atoms with Crippen LogP contribution in [0.3, 0.4) is 0 Å². The highest BCUT2D eigenvalue weighted by atomic mass is 79.9. The van der Waals surface area contributed by atoms with Gasteiger partial charge in [0, 0.05) is 10.9 Å². The van der Waals surface area contributed by atoms with Crippen molar-refractivity contribution in [1.82, 2.24) is 14.9 Å². The minimum Gasteiger partial charge on any atom is -0.457 e. The molecule has 0 radical (unpaired) electrons. The number of carbonyl (C=O) groups excluding carboxylic acids is 2. The van der Waals surface area contributed by atoms with Gasteiger partial charge in [-0.15, -0.1) is 0 Å². The molecule has 0 spiro atoms. The van der Waals surface area contributed by atoms with Crippen molar-refractivity contribution < 1.29 is 14.3 Å². The van der Waals surface area contributed by atoms with Crippen LogP contribution >= 0.6 is 27.5 Å². The molecule has 160 valence electrons. The van der Waals surface area contributed by atoms with Crippen LogP contribution in [0.1, 0.15) is 23.2 Å². The maximum Gasteiger partial charge on any atom is 0.338 e. The number of rotatable bonds is 6. The summed E-state index contributed by atoms with van der Waals surface area (Å²) >= 11 is 9.40. The number of hydrogen-bond donors (Lipinski definition) is 1. The standard InChI is InChI=1S/C22H19BrClN3O4/c23-16-10-18-15(9-17(16)24)21(29)27(12-26-18)11-14(28)8-19-20(6-7-25-19)31-22(30)13-4-2-1-3-5-13/h1-5,9-10,12,19-20,25H,6-8,11H2/t19-,20+/m0/s1. The fourth-order valence-corrected chi connectivity index (χ4v) is 4.13. The van der Waals surface area contributed by atoms with E-state index in [1.807, 2.05) is 6.07 Å². The largest absolute Gasteiger partial charge is 0.457 e. The Labute approximate surface area is 191 Å². The third kappa shape index (κ3) is 4.87. The normalized spacial score (nSPS) is 18.3. The molecule has 31 heavy (non-hydrogen) atoms. The van der Waals surface area contributed by atoms with Crippen LogP contribution < -0.4 is 10.9 Å². The number of hydrogen-bond acceptors (Lipinski definition) is 6. The third-order valence-electron chi connectivity index (χ3n) is 5.21.